The molecule has 0 spiro atoms. The Labute approximate surface area is 365 Å². The number of rotatable bonds is 17. The summed E-state index contributed by atoms with van der Waals surface area (Å²) in [4.78, 5) is 123. The summed E-state index contributed by atoms with van der Waals surface area (Å²) in [5.41, 5.74) is 0. The Kier molecular flexibility index (Phi) is 19.8. The van der Waals surface area contributed by atoms with Crippen LogP contribution in [0.1, 0.15) is 69.2 Å². The second kappa shape index (κ2) is 23.9. The third-order valence-corrected chi connectivity index (χ3v) is 9.07. The fraction of sp³-hybridized carbons (Fsp3) is 0.737. The van der Waals surface area contributed by atoms with Gasteiger partial charge in [0.2, 0.25) is 11.8 Å². The van der Waals surface area contributed by atoms with Crippen LogP contribution in [0.15, 0.2) is 0 Å². The first-order valence-corrected chi connectivity index (χ1v) is 19.6. The predicted molar refractivity (Wildman–Crippen MR) is 201 cm³/mol. The molecule has 0 aromatic heterocycles. The van der Waals surface area contributed by atoms with Crippen LogP contribution in [-0.4, -0.2) is 176 Å². The van der Waals surface area contributed by atoms with Crippen LogP contribution in [0.2, 0.25) is 0 Å². The number of esters is 8. The minimum Gasteiger partial charge on any atom is -0.463 e. The van der Waals surface area contributed by atoms with E-state index in [0.717, 1.165) is 69.2 Å². The molecule has 3 aliphatic rings. The number of hydrogen-bond acceptors (Lipinski definition) is 24. The molecule has 0 radical (unpaired) electrons. The van der Waals surface area contributed by atoms with Crippen molar-refractivity contribution < 1.29 is 115 Å². The zero-order valence-electron chi connectivity index (χ0n) is 36.6. The monoisotopic (exact) mass is 922 g/mol. The van der Waals surface area contributed by atoms with Gasteiger partial charge < -0.3 is 77.3 Å². The van der Waals surface area contributed by atoms with Gasteiger partial charge in [0.25, 0.3) is 0 Å². The van der Waals surface area contributed by atoms with Gasteiger partial charge in [-0.3, -0.25) is 47.9 Å². The number of carbonyl (C=O) groups is 10. The first kappa shape index (κ1) is 52.8. The Morgan fingerprint density at radius 1 is 0.406 bits per heavy atom. The maximum atomic E-state index is 12.8. The molecular formula is C38H54N2O24. The number of aliphatic hydroxyl groups excluding tert-OH is 1. The second-order valence-electron chi connectivity index (χ2n) is 14.6. The quantitative estimate of drug-likeness (QED) is 0.0985. The first-order chi connectivity index (χ1) is 29.9. The van der Waals surface area contributed by atoms with E-state index in [1.54, 1.807) is 0 Å². The third-order valence-electron chi connectivity index (χ3n) is 9.07. The van der Waals surface area contributed by atoms with E-state index < -0.39 is 171 Å². The first-order valence-electron chi connectivity index (χ1n) is 19.6. The molecule has 26 heteroatoms. The lowest BCUT2D eigenvalue weighted by Crippen LogP contribution is -2.69. The van der Waals surface area contributed by atoms with Crippen molar-refractivity contribution in [2.45, 2.75) is 161 Å². The van der Waals surface area contributed by atoms with Gasteiger partial charge in [-0.25, -0.2) is 0 Å². The van der Waals surface area contributed by atoms with Gasteiger partial charge >= 0.3 is 47.8 Å². The van der Waals surface area contributed by atoms with Crippen LogP contribution in [0.4, 0.5) is 0 Å². The van der Waals surface area contributed by atoms with Gasteiger partial charge in [0.15, 0.2) is 55.5 Å². The smallest absolute Gasteiger partial charge is 0.303 e. The van der Waals surface area contributed by atoms with Gasteiger partial charge in [0, 0.05) is 69.2 Å². The van der Waals surface area contributed by atoms with E-state index in [0.29, 0.717) is 0 Å². The highest BCUT2D eigenvalue weighted by Crippen LogP contribution is 2.35. The molecular weight excluding hydrogens is 868 g/mol. The molecule has 0 saturated carbocycles. The summed E-state index contributed by atoms with van der Waals surface area (Å²) >= 11 is 0. The standard InChI is InChI=1S/C38H54N2O24/c1-14(41)39-27-32(58-21(8)48)29(55-18(5)45)25(11-52-16(3)43)62-37(27)54-13-24-31(57-20(7)47)34(35(36(51)61-24)60-23(10)50)64-38-28(40-15(2)42)33(59-22(9)49)30(56-19(6)46)26(63-38)12-53-17(4)44/h24-38,51H,11-13H2,1-10H3,(H,39,41)(H,40,42)/t24-,25-,26-,27-,28-,29-,30-,31+,32-,33-,34+,35-,36-,37-,38+/m1/s1. The largest absolute Gasteiger partial charge is 0.463 e. The second-order valence-corrected chi connectivity index (χ2v) is 14.6. The maximum absolute atomic E-state index is 12.8. The van der Waals surface area contributed by atoms with E-state index in [-0.39, 0.29) is 0 Å². The lowest BCUT2D eigenvalue weighted by atomic mass is 9.94. The molecule has 0 aromatic rings. The average Bonchev–Trinajstić information content (AvgIpc) is 3.14. The van der Waals surface area contributed by atoms with Crippen molar-refractivity contribution in [1.29, 1.82) is 0 Å². The van der Waals surface area contributed by atoms with E-state index in [4.69, 9.17) is 61.6 Å². The Morgan fingerprint density at radius 2 is 0.734 bits per heavy atom. The van der Waals surface area contributed by atoms with Crippen molar-refractivity contribution >= 4 is 59.6 Å². The van der Waals surface area contributed by atoms with Crippen LogP contribution < -0.4 is 10.6 Å². The number of ether oxygens (including phenoxy) is 13. The molecule has 0 aromatic carbocycles. The van der Waals surface area contributed by atoms with Crippen molar-refractivity contribution in [2.75, 3.05) is 19.8 Å². The van der Waals surface area contributed by atoms with E-state index in [1.165, 1.54) is 0 Å². The highest BCUT2D eigenvalue weighted by atomic mass is 16.8. The van der Waals surface area contributed by atoms with Crippen molar-refractivity contribution in [1.82, 2.24) is 10.6 Å². The van der Waals surface area contributed by atoms with Crippen LogP contribution in [0.25, 0.3) is 0 Å². The molecule has 2 amide bonds. The number of aliphatic hydroxyl groups is 1. The van der Waals surface area contributed by atoms with Crippen molar-refractivity contribution in [3.63, 3.8) is 0 Å². The molecule has 360 valence electrons. The van der Waals surface area contributed by atoms with Gasteiger partial charge in [-0.1, -0.05) is 0 Å². The van der Waals surface area contributed by atoms with Crippen LogP contribution in [0.5, 0.6) is 0 Å². The molecule has 64 heavy (non-hydrogen) atoms. The molecule has 0 unspecified atom stereocenters. The minimum atomic E-state index is -2.13. The summed E-state index contributed by atoms with van der Waals surface area (Å²) < 4.78 is 73.3. The van der Waals surface area contributed by atoms with Crippen LogP contribution in [0.3, 0.4) is 0 Å². The van der Waals surface area contributed by atoms with E-state index in [2.05, 4.69) is 10.6 Å². The average molecular weight is 923 g/mol. The Morgan fingerprint density at radius 3 is 1.11 bits per heavy atom. The summed E-state index contributed by atoms with van der Waals surface area (Å²) in [6, 6.07) is -3.08. The Hall–Kier alpha value is -5.54. The molecule has 3 saturated heterocycles. The Balaban J connectivity index is 2.16. The summed E-state index contributed by atoms with van der Waals surface area (Å²) in [6.07, 6.45) is -22.0. The minimum absolute atomic E-state index is 0.589. The van der Waals surface area contributed by atoms with Crippen molar-refractivity contribution in [2.24, 2.45) is 0 Å². The van der Waals surface area contributed by atoms with Crippen molar-refractivity contribution in [3.05, 3.63) is 0 Å². The van der Waals surface area contributed by atoms with Crippen LogP contribution >= 0.6 is 0 Å². The van der Waals surface area contributed by atoms with Gasteiger partial charge in [0.05, 0.1) is 6.61 Å². The van der Waals surface area contributed by atoms with Crippen LogP contribution in [-0.2, 0) is 110 Å². The molecule has 3 fully saturated rings. The van der Waals surface area contributed by atoms with Gasteiger partial charge in [0.1, 0.15) is 49.7 Å². The summed E-state index contributed by atoms with van der Waals surface area (Å²) in [6.45, 7) is 8.32. The van der Waals surface area contributed by atoms with Crippen molar-refractivity contribution in [3.8, 4) is 0 Å². The topological polar surface area (TPSA) is 335 Å². The predicted octanol–water partition coefficient (Wildman–Crippen LogP) is -2.72. The molecule has 3 N–H and O–H groups in total. The normalized spacial score (nSPS) is 32.3. The molecule has 0 bridgehead atoms. The summed E-state index contributed by atoms with van der Waals surface area (Å²) in [5, 5.41) is 16.4. The van der Waals surface area contributed by atoms with Gasteiger partial charge in [-0.15, -0.1) is 0 Å². The van der Waals surface area contributed by atoms with Gasteiger partial charge in [-0.05, 0) is 0 Å². The van der Waals surface area contributed by atoms with E-state index in [1.807, 2.05) is 0 Å². The fourth-order valence-corrected chi connectivity index (χ4v) is 7.02. The maximum Gasteiger partial charge on any atom is 0.303 e. The lowest BCUT2D eigenvalue weighted by molar-refractivity contribution is -0.350. The van der Waals surface area contributed by atoms with E-state index >= 15 is 0 Å². The number of nitrogens with one attached hydrogen (secondary N) is 2. The zero-order valence-corrected chi connectivity index (χ0v) is 36.6. The Bertz CT molecular complexity index is 1740. The van der Waals surface area contributed by atoms with Crippen LogP contribution in [0, 0.1) is 0 Å². The number of hydrogen-bond donors (Lipinski definition) is 3. The molecule has 3 rings (SSSR count). The summed E-state index contributed by atoms with van der Waals surface area (Å²) in [7, 11) is 0. The third kappa shape index (κ3) is 15.6. The number of carbonyl (C=O) groups excluding carboxylic acids is 10. The SMILES string of the molecule is CC(=O)N[C@H]1[C@H](OC[C@H]2O[C@@H](O)[C@H](OC(C)=O)[C@@H](O[C@@H]3O[C@H](COC(C)=O)[C@@H](OC(C)=O)[C@H](OC(C)=O)[C@H]3NC(C)=O)[C@H]2OC(C)=O)O[C@H](COC(C)=O)[C@@H](OC(C)=O)[C@@H]1OC(C)=O. The molecule has 3 heterocycles. The molecule has 15 atom stereocenters. The fourth-order valence-electron chi connectivity index (χ4n) is 7.02. The number of amides is 2. The molecule has 0 aliphatic carbocycles. The highest BCUT2D eigenvalue weighted by Gasteiger charge is 2.57. The zero-order chi connectivity index (χ0) is 48.2. The molecule has 26 nitrogen and oxygen atoms in total. The van der Waals surface area contributed by atoms with Gasteiger partial charge in [-0.2, -0.15) is 0 Å². The highest BCUT2D eigenvalue weighted by molar-refractivity contribution is 5.74. The summed E-state index contributed by atoms with van der Waals surface area (Å²) in [5.74, 6) is -8.68. The molecule has 3 aliphatic heterocycles. The van der Waals surface area contributed by atoms with E-state index in [9.17, 15) is 53.1 Å². The lowest BCUT2D eigenvalue weighted by Gasteiger charge is -2.49.